The molecular weight excluding hydrogens is 204 g/mol. The van der Waals surface area contributed by atoms with E-state index in [0.717, 1.165) is 25.7 Å². The Hall–Kier alpha value is -0.340. The molecule has 1 aliphatic carbocycles. The van der Waals surface area contributed by atoms with Gasteiger partial charge < -0.3 is 5.11 Å². The van der Waals surface area contributed by atoms with Crippen molar-refractivity contribution in [1.29, 1.82) is 0 Å². The number of thiophene rings is 1. The highest BCUT2D eigenvalue weighted by Gasteiger charge is 2.39. The summed E-state index contributed by atoms with van der Waals surface area (Å²) in [5.41, 5.74) is 1.02. The molecule has 1 heterocycles. The van der Waals surface area contributed by atoms with Crippen molar-refractivity contribution in [2.75, 3.05) is 0 Å². The highest BCUT2D eigenvalue weighted by Crippen LogP contribution is 2.40. The van der Waals surface area contributed by atoms with E-state index in [0.29, 0.717) is 5.92 Å². The predicted molar refractivity (Wildman–Crippen MR) is 65.2 cm³/mol. The molecule has 84 valence electrons. The fraction of sp³-hybridized carbons (Fsp3) is 0.692. The van der Waals surface area contributed by atoms with Gasteiger partial charge >= 0.3 is 0 Å². The molecule has 0 aromatic carbocycles. The molecule has 1 aliphatic rings. The summed E-state index contributed by atoms with van der Waals surface area (Å²) in [5, 5.41) is 14.9. The topological polar surface area (TPSA) is 20.2 Å². The fourth-order valence-electron chi connectivity index (χ4n) is 2.84. The third kappa shape index (κ3) is 2.43. The van der Waals surface area contributed by atoms with Gasteiger partial charge in [-0.25, -0.2) is 0 Å². The Morgan fingerprint density at radius 1 is 1.60 bits per heavy atom. The van der Waals surface area contributed by atoms with Gasteiger partial charge in [0.2, 0.25) is 0 Å². The van der Waals surface area contributed by atoms with Crippen molar-refractivity contribution < 1.29 is 5.11 Å². The van der Waals surface area contributed by atoms with Crippen LogP contribution >= 0.6 is 11.3 Å². The van der Waals surface area contributed by atoms with Gasteiger partial charge in [0.05, 0.1) is 5.60 Å². The number of aryl methyl sites for hydroxylation is 1. The molecule has 2 heteroatoms. The van der Waals surface area contributed by atoms with E-state index in [1.807, 2.05) is 0 Å². The van der Waals surface area contributed by atoms with Crippen LogP contribution in [0.3, 0.4) is 0 Å². The first-order chi connectivity index (χ1) is 7.24. The van der Waals surface area contributed by atoms with Crippen LogP contribution in [0.5, 0.6) is 0 Å². The molecule has 0 amide bonds. The first kappa shape index (κ1) is 11.2. The smallest absolute Gasteiger partial charge is 0.0678 e. The zero-order valence-electron chi connectivity index (χ0n) is 9.41. The molecule has 2 atom stereocenters. The van der Waals surface area contributed by atoms with Gasteiger partial charge in [-0.2, -0.15) is 11.3 Å². The Morgan fingerprint density at radius 3 is 3.13 bits per heavy atom. The predicted octanol–water partition coefficient (Wildman–Crippen LogP) is 3.62. The number of rotatable bonds is 4. The van der Waals surface area contributed by atoms with E-state index in [1.165, 1.54) is 18.4 Å². The summed E-state index contributed by atoms with van der Waals surface area (Å²) >= 11 is 1.75. The molecular formula is C13H20OS. The van der Waals surface area contributed by atoms with Gasteiger partial charge in [-0.3, -0.25) is 0 Å². The first-order valence-electron chi connectivity index (χ1n) is 5.98. The second kappa shape index (κ2) is 4.67. The Labute approximate surface area is 96.1 Å². The average Bonchev–Trinajstić information content (AvgIpc) is 2.84. The van der Waals surface area contributed by atoms with Gasteiger partial charge in [0.1, 0.15) is 0 Å². The standard InChI is InChI=1S/C13H20OS/c1-2-12-4-3-7-13(12,14)8-5-11-6-9-15-10-11/h6,9-10,12,14H,2-5,7-8H2,1H3. The van der Waals surface area contributed by atoms with E-state index in [9.17, 15) is 5.11 Å². The van der Waals surface area contributed by atoms with E-state index >= 15 is 0 Å². The molecule has 0 saturated heterocycles. The van der Waals surface area contributed by atoms with E-state index in [1.54, 1.807) is 11.3 Å². The second-order valence-electron chi connectivity index (χ2n) is 4.73. The third-order valence-corrected chi connectivity index (χ3v) is 4.57. The van der Waals surface area contributed by atoms with Crippen molar-refractivity contribution >= 4 is 11.3 Å². The van der Waals surface area contributed by atoms with Crippen LogP contribution < -0.4 is 0 Å². The maximum Gasteiger partial charge on any atom is 0.0678 e. The van der Waals surface area contributed by atoms with Crippen molar-refractivity contribution in [2.45, 2.75) is 51.0 Å². The van der Waals surface area contributed by atoms with Crippen molar-refractivity contribution in [3.8, 4) is 0 Å². The number of hydrogen-bond acceptors (Lipinski definition) is 2. The summed E-state index contributed by atoms with van der Waals surface area (Å²) in [6, 6.07) is 2.17. The van der Waals surface area contributed by atoms with E-state index in [4.69, 9.17) is 0 Å². The molecule has 0 bridgehead atoms. The fourth-order valence-corrected chi connectivity index (χ4v) is 3.54. The minimum Gasteiger partial charge on any atom is -0.390 e. The second-order valence-corrected chi connectivity index (χ2v) is 5.51. The van der Waals surface area contributed by atoms with Gasteiger partial charge in [0.25, 0.3) is 0 Å². The van der Waals surface area contributed by atoms with Crippen LogP contribution in [0.25, 0.3) is 0 Å². The third-order valence-electron chi connectivity index (χ3n) is 3.84. The van der Waals surface area contributed by atoms with Crippen molar-refractivity contribution in [3.05, 3.63) is 22.4 Å². The lowest BCUT2D eigenvalue weighted by Crippen LogP contribution is -2.33. The normalized spacial score (nSPS) is 30.9. The van der Waals surface area contributed by atoms with Gasteiger partial charge in [-0.15, -0.1) is 0 Å². The van der Waals surface area contributed by atoms with Crippen LogP contribution in [0.2, 0.25) is 0 Å². The van der Waals surface area contributed by atoms with Crippen LogP contribution in [0, 0.1) is 5.92 Å². The van der Waals surface area contributed by atoms with Crippen molar-refractivity contribution in [3.63, 3.8) is 0 Å². The van der Waals surface area contributed by atoms with E-state index in [2.05, 4.69) is 23.8 Å². The van der Waals surface area contributed by atoms with Gasteiger partial charge in [0, 0.05) is 0 Å². The van der Waals surface area contributed by atoms with Gasteiger partial charge in [-0.1, -0.05) is 19.8 Å². The molecule has 15 heavy (non-hydrogen) atoms. The maximum absolute atomic E-state index is 10.6. The Morgan fingerprint density at radius 2 is 2.47 bits per heavy atom. The van der Waals surface area contributed by atoms with Crippen LogP contribution in [0.4, 0.5) is 0 Å². The van der Waals surface area contributed by atoms with Crippen LogP contribution in [-0.4, -0.2) is 10.7 Å². The monoisotopic (exact) mass is 224 g/mol. The minimum atomic E-state index is -0.364. The highest BCUT2D eigenvalue weighted by atomic mass is 32.1. The van der Waals surface area contributed by atoms with Crippen molar-refractivity contribution in [2.24, 2.45) is 5.92 Å². The maximum atomic E-state index is 10.6. The van der Waals surface area contributed by atoms with Crippen LogP contribution in [-0.2, 0) is 6.42 Å². The molecule has 1 N–H and O–H groups in total. The van der Waals surface area contributed by atoms with Gasteiger partial charge in [-0.05, 0) is 54.0 Å². The molecule has 1 nitrogen and oxygen atoms in total. The number of aliphatic hydroxyl groups is 1. The largest absolute Gasteiger partial charge is 0.390 e. The molecule has 2 rings (SSSR count). The molecule has 1 aromatic rings. The highest BCUT2D eigenvalue weighted by molar-refractivity contribution is 7.07. The summed E-state index contributed by atoms with van der Waals surface area (Å²) in [7, 11) is 0. The summed E-state index contributed by atoms with van der Waals surface area (Å²) < 4.78 is 0. The quantitative estimate of drug-likeness (QED) is 0.828. The zero-order chi connectivity index (χ0) is 10.7. The summed E-state index contributed by atoms with van der Waals surface area (Å²) in [5.74, 6) is 0.538. The van der Waals surface area contributed by atoms with E-state index < -0.39 is 0 Å². The first-order valence-corrected chi connectivity index (χ1v) is 6.92. The minimum absolute atomic E-state index is 0.364. The lowest BCUT2D eigenvalue weighted by molar-refractivity contribution is -0.00655. The van der Waals surface area contributed by atoms with Crippen LogP contribution in [0.15, 0.2) is 16.8 Å². The molecule has 1 fully saturated rings. The summed E-state index contributed by atoms with van der Waals surface area (Å²) in [4.78, 5) is 0. The molecule has 0 spiro atoms. The van der Waals surface area contributed by atoms with E-state index in [-0.39, 0.29) is 5.60 Å². The Bertz CT molecular complexity index is 293. The van der Waals surface area contributed by atoms with Crippen molar-refractivity contribution in [1.82, 2.24) is 0 Å². The molecule has 1 saturated carbocycles. The summed E-state index contributed by atoms with van der Waals surface area (Å²) in [6.45, 7) is 2.20. The lowest BCUT2D eigenvalue weighted by Gasteiger charge is -2.29. The molecule has 2 unspecified atom stereocenters. The SMILES string of the molecule is CCC1CCCC1(O)CCc1ccsc1. The molecule has 0 radical (unpaired) electrons. The summed E-state index contributed by atoms with van der Waals surface area (Å²) in [6.07, 6.45) is 6.55. The Balaban J connectivity index is 1.92. The molecule has 1 aromatic heterocycles. The zero-order valence-corrected chi connectivity index (χ0v) is 10.2. The average molecular weight is 224 g/mol. The Kier molecular flexibility index (Phi) is 3.47. The number of hydrogen-bond donors (Lipinski definition) is 1. The molecule has 0 aliphatic heterocycles. The lowest BCUT2D eigenvalue weighted by atomic mass is 9.84. The van der Waals surface area contributed by atoms with Crippen LogP contribution in [0.1, 0.15) is 44.6 Å². The van der Waals surface area contributed by atoms with Gasteiger partial charge in [0.15, 0.2) is 0 Å².